The predicted molar refractivity (Wildman–Crippen MR) is 63.2 cm³/mol. The minimum atomic E-state index is -0.821. The molecular weight excluding hydrogens is 222 g/mol. The molecule has 0 aromatic rings. The van der Waals surface area contributed by atoms with Gasteiger partial charge in [-0.1, -0.05) is 18.0 Å². The van der Waals surface area contributed by atoms with E-state index in [1.54, 1.807) is 7.11 Å². The van der Waals surface area contributed by atoms with Crippen LogP contribution in [0.15, 0.2) is 5.11 Å². The monoisotopic (exact) mass is 241 g/mol. The van der Waals surface area contributed by atoms with Crippen LogP contribution >= 0.6 is 0 Å². The van der Waals surface area contributed by atoms with Gasteiger partial charge < -0.3 is 15.8 Å². The molecule has 1 saturated carbocycles. The first-order valence-corrected chi connectivity index (χ1v) is 5.76. The highest BCUT2D eigenvalue weighted by molar-refractivity contribution is 5.85. The third-order valence-electron chi connectivity index (χ3n) is 3.28. The summed E-state index contributed by atoms with van der Waals surface area (Å²) in [4.78, 5) is 14.3. The van der Waals surface area contributed by atoms with Gasteiger partial charge in [0.1, 0.15) is 5.54 Å². The molecule has 7 nitrogen and oxygen atoms in total. The van der Waals surface area contributed by atoms with Crippen LogP contribution in [0.25, 0.3) is 10.4 Å². The maximum Gasteiger partial charge on any atom is 0.240 e. The van der Waals surface area contributed by atoms with Crippen LogP contribution in [0.1, 0.15) is 25.7 Å². The molecule has 0 radical (unpaired) electrons. The lowest BCUT2D eigenvalue weighted by Gasteiger charge is -2.41. The van der Waals surface area contributed by atoms with Crippen molar-refractivity contribution in [3.8, 4) is 0 Å². The van der Waals surface area contributed by atoms with Crippen LogP contribution in [0.5, 0.6) is 0 Å². The number of hydrogen-bond donors (Lipinski definition) is 2. The number of carbonyl (C=O) groups is 1. The second-order valence-electron chi connectivity index (χ2n) is 4.19. The van der Waals surface area contributed by atoms with Crippen LogP contribution in [0.4, 0.5) is 0 Å². The van der Waals surface area contributed by atoms with Gasteiger partial charge in [-0.05, 0) is 18.4 Å². The van der Waals surface area contributed by atoms with Crippen molar-refractivity contribution in [2.45, 2.75) is 37.3 Å². The van der Waals surface area contributed by atoms with Crippen molar-refractivity contribution in [2.75, 3.05) is 20.2 Å². The molecular formula is C10H19N5O2. The summed E-state index contributed by atoms with van der Waals surface area (Å²) in [5, 5.41) is 6.53. The highest BCUT2D eigenvalue weighted by Crippen LogP contribution is 2.30. The van der Waals surface area contributed by atoms with E-state index in [4.69, 9.17) is 16.0 Å². The predicted octanol–water partition coefficient (Wildman–Crippen LogP) is 0.699. The molecule has 7 heteroatoms. The molecule has 0 spiro atoms. The van der Waals surface area contributed by atoms with Crippen LogP contribution in [0.3, 0.4) is 0 Å². The Morgan fingerprint density at radius 1 is 1.71 bits per heavy atom. The lowest BCUT2D eigenvalue weighted by atomic mass is 9.78. The Balaban J connectivity index is 2.71. The summed E-state index contributed by atoms with van der Waals surface area (Å²) in [6.45, 7) is 0.717. The minimum Gasteiger partial charge on any atom is -0.379 e. The number of primary amides is 1. The van der Waals surface area contributed by atoms with Crippen molar-refractivity contribution < 1.29 is 9.53 Å². The molecule has 1 rings (SSSR count). The maximum absolute atomic E-state index is 11.7. The molecule has 2 unspecified atom stereocenters. The normalized spacial score (nSPS) is 28.4. The van der Waals surface area contributed by atoms with Crippen molar-refractivity contribution in [1.82, 2.24) is 5.32 Å². The molecule has 0 bridgehead atoms. The zero-order valence-electron chi connectivity index (χ0n) is 10.1. The molecule has 1 aliphatic carbocycles. The average molecular weight is 241 g/mol. The summed E-state index contributed by atoms with van der Waals surface area (Å²) in [5.74, 6) is -0.398. The number of amides is 1. The molecule has 1 amide bonds. The van der Waals surface area contributed by atoms with Crippen molar-refractivity contribution >= 4 is 5.91 Å². The highest BCUT2D eigenvalue weighted by Gasteiger charge is 2.45. The van der Waals surface area contributed by atoms with Crippen molar-refractivity contribution in [1.29, 1.82) is 0 Å². The molecule has 2 atom stereocenters. The molecule has 3 N–H and O–H groups in total. The Bertz CT molecular complexity index is 316. The van der Waals surface area contributed by atoms with E-state index in [0.29, 0.717) is 19.5 Å². The number of carbonyl (C=O) groups excluding carboxylic acids is 1. The molecule has 0 saturated heterocycles. The largest absolute Gasteiger partial charge is 0.379 e. The van der Waals surface area contributed by atoms with Crippen LogP contribution in [-0.2, 0) is 9.53 Å². The second-order valence-corrected chi connectivity index (χ2v) is 4.19. The Morgan fingerprint density at radius 2 is 2.47 bits per heavy atom. The van der Waals surface area contributed by atoms with E-state index in [2.05, 4.69) is 15.3 Å². The first-order chi connectivity index (χ1) is 8.17. The first kappa shape index (κ1) is 13.8. The average Bonchev–Trinajstić information content (AvgIpc) is 2.34. The molecule has 96 valence electrons. The molecule has 0 heterocycles. The van der Waals surface area contributed by atoms with Crippen LogP contribution in [0.2, 0.25) is 0 Å². The highest BCUT2D eigenvalue weighted by atomic mass is 16.5. The van der Waals surface area contributed by atoms with Crippen molar-refractivity contribution in [3.05, 3.63) is 10.4 Å². The number of azide groups is 1. The van der Waals surface area contributed by atoms with E-state index >= 15 is 0 Å². The van der Waals surface area contributed by atoms with Gasteiger partial charge in [0.15, 0.2) is 0 Å². The lowest BCUT2D eigenvalue weighted by molar-refractivity contribution is -0.133. The molecule has 17 heavy (non-hydrogen) atoms. The number of methoxy groups -OCH3 is 1. The van der Waals surface area contributed by atoms with Gasteiger partial charge in [0, 0.05) is 25.1 Å². The van der Waals surface area contributed by atoms with E-state index in [1.165, 1.54) is 0 Å². The number of ether oxygens (including phenoxy) is 1. The van der Waals surface area contributed by atoms with Gasteiger partial charge >= 0.3 is 0 Å². The Hall–Kier alpha value is -1.30. The summed E-state index contributed by atoms with van der Waals surface area (Å²) in [5.41, 5.74) is 12.9. The number of nitrogens with one attached hydrogen (secondary N) is 1. The Labute approximate surface area is 100 Å². The van der Waals surface area contributed by atoms with Crippen LogP contribution < -0.4 is 11.1 Å². The minimum absolute atomic E-state index is 0.209. The van der Waals surface area contributed by atoms with E-state index in [-0.39, 0.29) is 6.10 Å². The zero-order chi connectivity index (χ0) is 12.7. The van der Waals surface area contributed by atoms with Gasteiger partial charge in [0.2, 0.25) is 5.91 Å². The summed E-state index contributed by atoms with van der Waals surface area (Å²) < 4.78 is 5.36. The van der Waals surface area contributed by atoms with Crippen LogP contribution in [0, 0.1) is 0 Å². The number of rotatable bonds is 6. The summed E-state index contributed by atoms with van der Waals surface area (Å²) in [6.07, 6.45) is 3.24. The fourth-order valence-corrected chi connectivity index (χ4v) is 2.40. The standard InChI is InChI=1S/C10H19N5O2/c1-17-8-4-2-3-5-10(8,9(11)16)13-6-7-14-15-12/h8,13H,2-7H2,1H3,(H2,11,16). The summed E-state index contributed by atoms with van der Waals surface area (Å²) >= 11 is 0. The molecule has 0 aromatic carbocycles. The number of hydrogen-bond acceptors (Lipinski definition) is 4. The molecule has 0 aliphatic heterocycles. The SMILES string of the molecule is COC1CCCCC1(NCCN=[N+]=[N-])C(N)=O. The molecule has 1 aliphatic rings. The Morgan fingerprint density at radius 3 is 3.06 bits per heavy atom. The third kappa shape index (κ3) is 3.09. The van der Waals surface area contributed by atoms with E-state index in [0.717, 1.165) is 19.3 Å². The van der Waals surface area contributed by atoms with Crippen molar-refractivity contribution in [3.63, 3.8) is 0 Å². The van der Waals surface area contributed by atoms with Crippen LogP contribution in [-0.4, -0.2) is 37.7 Å². The van der Waals surface area contributed by atoms with Gasteiger partial charge in [-0.3, -0.25) is 4.79 Å². The smallest absolute Gasteiger partial charge is 0.240 e. The van der Waals surface area contributed by atoms with E-state index in [1.807, 2.05) is 0 Å². The third-order valence-corrected chi connectivity index (χ3v) is 3.28. The molecule has 0 aromatic heterocycles. The summed E-state index contributed by atoms with van der Waals surface area (Å²) in [6, 6.07) is 0. The van der Waals surface area contributed by atoms with Crippen molar-refractivity contribution in [2.24, 2.45) is 10.8 Å². The molecule has 1 fully saturated rings. The first-order valence-electron chi connectivity index (χ1n) is 5.76. The fraction of sp³-hybridized carbons (Fsp3) is 0.900. The number of nitrogens with two attached hydrogens (primary N) is 1. The van der Waals surface area contributed by atoms with Gasteiger partial charge in [0.05, 0.1) is 6.10 Å². The van der Waals surface area contributed by atoms with Gasteiger partial charge in [-0.15, -0.1) is 0 Å². The van der Waals surface area contributed by atoms with Gasteiger partial charge in [-0.25, -0.2) is 0 Å². The number of nitrogens with zero attached hydrogens (tertiary/aromatic N) is 3. The fourth-order valence-electron chi connectivity index (χ4n) is 2.40. The Kier molecular flexibility index (Phi) is 5.21. The van der Waals surface area contributed by atoms with Gasteiger partial charge in [-0.2, -0.15) is 0 Å². The maximum atomic E-state index is 11.7. The zero-order valence-corrected chi connectivity index (χ0v) is 10.1. The lowest BCUT2D eigenvalue weighted by Crippen LogP contribution is -2.65. The topological polar surface area (TPSA) is 113 Å². The van der Waals surface area contributed by atoms with E-state index < -0.39 is 11.4 Å². The van der Waals surface area contributed by atoms with E-state index in [9.17, 15) is 4.79 Å². The summed E-state index contributed by atoms with van der Waals surface area (Å²) in [7, 11) is 1.59. The second kappa shape index (κ2) is 6.44. The quantitative estimate of drug-likeness (QED) is 0.309. The van der Waals surface area contributed by atoms with Gasteiger partial charge in [0.25, 0.3) is 0 Å².